The highest BCUT2D eigenvalue weighted by Crippen LogP contribution is 2.27. The highest BCUT2D eigenvalue weighted by Gasteiger charge is 2.20. The Labute approximate surface area is 139 Å². The lowest BCUT2D eigenvalue weighted by Crippen LogP contribution is -2.34. The van der Waals surface area contributed by atoms with Crippen molar-refractivity contribution >= 4 is 23.3 Å². The van der Waals surface area contributed by atoms with E-state index in [4.69, 9.17) is 0 Å². The number of amides is 1. The summed E-state index contributed by atoms with van der Waals surface area (Å²) >= 11 is 0. The molecular formula is C17H22F2N2O3. The lowest BCUT2D eigenvalue weighted by Gasteiger charge is -2.33. The minimum atomic E-state index is -2.56. The Morgan fingerprint density at radius 3 is 2.79 bits per heavy atom. The summed E-state index contributed by atoms with van der Waals surface area (Å²) in [6.07, 6.45) is -1.24. The second-order valence-electron chi connectivity index (χ2n) is 6.21. The van der Waals surface area contributed by atoms with Crippen LogP contribution in [0.5, 0.6) is 0 Å². The minimum Gasteiger partial charge on any atom is -0.478 e. The zero-order valence-electron chi connectivity index (χ0n) is 13.6. The number of halogens is 2. The summed E-state index contributed by atoms with van der Waals surface area (Å²) < 4.78 is 24.3. The molecule has 1 aliphatic rings. The molecule has 2 rings (SSSR count). The summed E-state index contributed by atoms with van der Waals surface area (Å²) in [5.41, 5.74) is 0.899. The standard InChI is InChI=1S/C17H22F2N2O3/c1-11-3-2-8-21(10-11)12-4-5-14(13(9-12)17(23)24)20-16(22)7-6-15(18)19/h4-5,9,11,15H,2-3,6-8,10H2,1H3,(H,20,22)(H,23,24)/t11-/m1/s1. The van der Waals surface area contributed by atoms with Crippen molar-refractivity contribution in [2.45, 2.75) is 39.0 Å². The van der Waals surface area contributed by atoms with E-state index in [1.165, 1.54) is 12.1 Å². The first-order chi connectivity index (χ1) is 11.4. The predicted octanol–water partition coefficient (Wildman–Crippen LogP) is 3.60. The smallest absolute Gasteiger partial charge is 0.337 e. The number of rotatable bonds is 6. The number of nitrogens with one attached hydrogen (secondary N) is 1. The van der Waals surface area contributed by atoms with Crippen molar-refractivity contribution in [1.29, 1.82) is 0 Å². The molecule has 0 bridgehead atoms. The fraction of sp³-hybridized carbons (Fsp3) is 0.529. The predicted molar refractivity (Wildman–Crippen MR) is 87.9 cm³/mol. The molecule has 1 aromatic rings. The highest BCUT2D eigenvalue weighted by atomic mass is 19.3. The number of nitrogens with zero attached hydrogens (tertiary/aromatic N) is 1. The van der Waals surface area contributed by atoms with E-state index < -0.39 is 24.7 Å². The van der Waals surface area contributed by atoms with Crippen molar-refractivity contribution in [2.24, 2.45) is 5.92 Å². The molecule has 7 heteroatoms. The van der Waals surface area contributed by atoms with Crippen LogP contribution in [0, 0.1) is 5.92 Å². The Balaban J connectivity index is 2.14. The lowest BCUT2D eigenvalue weighted by molar-refractivity contribution is -0.116. The van der Waals surface area contributed by atoms with Crippen LogP contribution < -0.4 is 10.2 Å². The summed E-state index contributed by atoms with van der Waals surface area (Å²) in [5, 5.41) is 11.8. The van der Waals surface area contributed by atoms with Gasteiger partial charge < -0.3 is 15.3 Å². The molecule has 1 fully saturated rings. The monoisotopic (exact) mass is 340 g/mol. The Morgan fingerprint density at radius 1 is 1.42 bits per heavy atom. The Morgan fingerprint density at radius 2 is 2.17 bits per heavy atom. The number of piperidine rings is 1. The van der Waals surface area contributed by atoms with Gasteiger partial charge in [0.2, 0.25) is 12.3 Å². The Bertz CT molecular complexity index is 607. The molecule has 0 radical (unpaired) electrons. The fourth-order valence-electron chi connectivity index (χ4n) is 2.89. The molecule has 1 amide bonds. The molecular weight excluding hydrogens is 318 g/mol. The van der Waals surface area contributed by atoms with E-state index in [-0.39, 0.29) is 17.7 Å². The van der Waals surface area contributed by atoms with Gasteiger partial charge in [-0.05, 0) is 37.0 Å². The van der Waals surface area contributed by atoms with E-state index in [2.05, 4.69) is 17.1 Å². The molecule has 1 aliphatic heterocycles. The Hall–Kier alpha value is -2.18. The van der Waals surface area contributed by atoms with E-state index in [0.29, 0.717) is 5.92 Å². The first kappa shape index (κ1) is 18.2. The van der Waals surface area contributed by atoms with E-state index in [0.717, 1.165) is 31.6 Å². The van der Waals surface area contributed by atoms with Gasteiger partial charge in [0, 0.05) is 31.6 Å². The number of benzene rings is 1. The summed E-state index contributed by atoms with van der Waals surface area (Å²) in [4.78, 5) is 25.3. The topological polar surface area (TPSA) is 69.6 Å². The highest BCUT2D eigenvalue weighted by molar-refractivity contribution is 6.01. The van der Waals surface area contributed by atoms with Crippen LogP contribution in [0.25, 0.3) is 0 Å². The largest absolute Gasteiger partial charge is 0.478 e. The molecule has 1 aromatic carbocycles. The summed E-state index contributed by atoms with van der Waals surface area (Å²) in [7, 11) is 0. The van der Waals surface area contributed by atoms with Gasteiger partial charge in [0.15, 0.2) is 0 Å². The molecule has 0 spiro atoms. The van der Waals surface area contributed by atoms with Crippen LogP contribution in [0.1, 0.15) is 43.0 Å². The van der Waals surface area contributed by atoms with E-state index in [1.54, 1.807) is 6.07 Å². The summed E-state index contributed by atoms with van der Waals surface area (Å²) in [5.74, 6) is -1.23. The van der Waals surface area contributed by atoms with Crippen molar-refractivity contribution in [3.63, 3.8) is 0 Å². The van der Waals surface area contributed by atoms with Gasteiger partial charge in [-0.1, -0.05) is 6.92 Å². The third-order valence-electron chi connectivity index (χ3n) is 4.12. The van der Waals surface area contributed by atoms with Crippen LogP contribution in [0.4, 0.5) is 20.2 Å². The van der Waals surface area contributed by atoms with Gasteiger partial charge in [0.25, 0.3) is 0 Å². The van der Waals surface area contributed by atoms with Gasteiger partial charge in [0.1, 0.15) is 0 Å². The molecule has 1 atom stereocenters. The van der Waals surface area contributed by atoms with Crippen molar-refractivity contribution in [2.75, 3.05) is 23.3 Å². The minimum absolute atomic E-state index is 0.0314. The summed E-state index contributed by atoms with van der Waals surface area (Å²) in [6, 6.07) is 4.81. The molecule has 5 nitrogen and oxygen atoms in total. The molecule has 1 saturated heterocycles. The molecule has 24 heavy (non-hydrogen) atoms. The van der Waals surface area contributed by atoms with Crippen LogP contribution in [-0.2, 0) is 4.79 Å². The molecule has 0 aromatic heterocycles. The van der Waals surface area contributed by atoms with E-state index in [9.17, 15) is 23.5 Å². The number of carboxylic acids is 1. The van der Waals surface area contributed by atoms with Crippen LogP contribution >= 0.6 is 0 Å². The number of carbonyl (C=O) groups excluding carboxylic acids is 1. The number of anilines is 2. The fourth-order valence-corrected chi connectivity index (χ4v) is 2.89. The molecule has 0 saturated carbocycles. The van der Waals surface area contributed by atoms with E-state index >= 15 is 0 Å². The van der Waals surface area contributed by atoms with Crippen molar-refractivity contribution in [1.82, 2.24) is 0 Å². The zero-order valence-corrected chi connectivity index (χ0v) is 13.6. The maximum atomic E-state index is 12.2. The maximum Gasteiger partial charge on any atom is 0.337 e. The SMILES string of the molecule is C[C@@H]1CCCN(c2ccc(NC(=O)CCC(F)F)c(C(=O)O)c2)C1. The van der Waals surface area contributed by atoms with Crippen LogP contribution in [-0.4, -0.2) is 36.5 Å². The molecule has 0 unspecified atom stereocenters. The zero-order chi connectivity index (χ0) is 17.7. The van der Waals surface area contributed by atoms with Crippen LogP contribution in [0.15, 0.2) is 18.2 Å². The number of hydrogen-bond donors (Lipinski definition) is 2. The number of aromatic carboxylic acids is 1. The first-order valence-corrected chi connectivity index (χ1v) is 8.07. The van der Waals surface area contributed by atoms with Gasteiger partial charge >= 0.3 is 5.97 Å². The van der Waals surface area contributed by atoms with Gasteiger partial charge in [-0.2, -0.15) is 0 Å². The van der Waals surface area contributed by atoms with Gasteiger partial charge in [-0.3, -0.25) is 4.79 Å². The Kier molecular flexibility index (Phi) is 6.11. The molecule has 132 valence electrons. The van der Waals surface area contributed by atoms with Crippen molar-refractivity contribution < 1.29 is 23.5 Å². The van der Waals surface area contributed by atoms with Crippen LogP contribution in [0.3, 0.4) is 0 Å². The second-order valence-corrected chi connectivity index (χ2v) is 6.21. The van der Waals surface area contributed by atoms with Crippen molar-refractivity contribution in [3.8, 4) is 0 Å². The van der Waals surface area contributed by atoms with E-state index in [1.807, 2.05) is 0 Å². The second kappa shape index (κ2) is 8.08. The molecule has 0 aliphatic carbocycles. The number of hydrogen-bond acceptors (Lipinski definition) is 3. The molecule has 1 heterocycles. The van der Waals surface area contributed by atoms with Crippen molar-refractivity contribution in [3.05, 3.63) is 23.8 Å². The molecule has 2 N–H and O–H groups in total. The van der Waals surface area contributed by atoms with Gasteiger partial charge in [-0.25, -0.2) is 13.6 Å². The van der Waals surface area contributed by atoms with Crippen LogP contribution in [0.2, 0.25) is 0 Å². The third kappa shape index (κ3) is 4.91. The normalized spacial score (nSPS) is 17.8. The lowest BCUT2D eigenvalue weighted by atomic mass is 9.99. The number of carbonyl (C=O) groups is 2. The number of alkyl halides is 2. The third-order valence-corrected chi connectivity index (χ3v) is 4.12. The first-order valence-electron chi connectivity index (χ1n) is 8.07. The van der Waals surface area contributed by atoms with Gasteiger partial charge in [0.05, 0.1) is 11.3 Å². The summed E-state index contributed by atoms with van der Waals surface area (Å²) in [6.45, 7) is 3.88. The maximum absolute atomic E-state index is 12.2. The van der Waals surface area contributed by atoms with Gasteiger partial charge in [-0.15, -0.1) is 0 Å². The quantitative estimate of drug-likeness (QED) is 0.830. The number of carboxylic acid groups (broad SMARTS) is 1. The average Bonchev–Trinajstić information content (AvgIpc) is 2.53. The average molecular weight is 340 g/mol.